The fourth-order valence-electron chi connectivity index (χ4n) is 4.24. The maximum Gasteiger partial charge on any atom is 0.0695 e. The molecular formula is C16H32N2O. The van der Waals surface area contributed by atoms with Crippen LogP contribution in [0.2, 0.25) is 0 Å². The molecule has 2 rings (SSSR count). The van der Waals surface area contributed by atoms with Crippen LogP contribution < -0.4 is 0 Å². The third-order valence-corrected chi connectivity index (χ3v) is 5.29. The number of nitrogens with zero attached hydrogens (tertiary/aromatic N) is 2. The zero-order chi connectivity index (χ0) is 13.8. The van der Waals surface area contributed by atoms with Gasteiger partial charge in [0.1, 0.15) is 0 Å². The summed E-state index contributed by atoms with van der Waals surface area (Å²) in [6.45, 7) is 8.04. The van der Waals surface area contributed by atoms with E-state index < -0.39 is 0 Å². The van der Waals surface area contributed by atoms with E-state index in [1.54, 1.807) is 0 Å². The summed E-state index contributed by atoms with van der Waals surface area (Å²) in [5.74, 6) is 0.829. The summed E-state index contributed by atoms with van der Waals surface area (Å²) in [4.78, 5) is 5.15. The van der Waals surface area contributed by atoms with Crippen LogP contribution in [0.25, 0.3) is 0 Å². The predicted molar refractivity (Wildman–Crippen MR) is 80.3 cm³/mol. The van der Waals surface area contributed by atoms with Crippen LogP contribution in [-0.2, 0) is 0 Å². The number of piperidine rings is 2. The number of aliphatic hydroxyl groups is 1. The van der Waals surface area contributed by atoms with Crippen molar-refractivity contribution < 1.29 is 5.11 Å². The van der Waals surface area contributed by atoms with Crippen LogP contribution in [0.3, 0.4) is 0 Å². The van der Waals surface area contributed by atoms with Crippen LogP contribution in [0.1, 0.15) is 52.4 Å². The molecule has 112 valence electrons. The maximum atomic E-state index is 10.4. The van der Waals surface area contributed by atoms with Gasteiger partial charge in [-0.1, -0.05) is 20.3 Å². The molecule has 0 aromatic carbocycles. The number of likely N-dealkylation sites (tertiary alicyclic amines) is 2. The zero-order valence-electron chi connectivity index (χ0n) is 13.0. The Balaban J connectivity index is 1.94. The Morgan fingerprint density at radius 1 is 1.21 bits per heavy atom. The Kier molecular flexibility index (Phi) is 5.67. The van der Waals surface area contributed by atoms with Crippen LogP contribution in [0, 0.1) is 5.92 Å². The van der Waals surface area contributed by atoms with E-state index in [2.05, 4.69) is 30.7 Å². The average molecular weight is 268 g/mol. The van der Waals surface area contributed by atoms with E-state index in [-0.39, 0.29) is 6.10 Å². The molecule has 2 aliphatic rings. The normalized spacial score (nSPS) is 32.8. The Bertz CT molecular complexity index is 271. The first kappa shape index (κ1) is 15.3. The van der Waals surface area contributed by atoms with E-state index in [0.717, 1.165) is 31.2 Å². The van der Waals surface area contributed by atoms with E-state index in [9.17, 15) is 5.11 Å². The van der Waals surface area contributed by atoms with Crippen molar-refractivity contribution in [2.24, 2.45) is 5.92 Å². The molecule has 0 radical (unpaired) electrons. The largest absolute Gasteiger partial charge is 0.391 e. The van der Waals surface area contributed by atoms with Gasteiger partial charge < -0.3 is 10.0 Å². The Morgan fingerprint density at radius 3 is 2.68 bits per heavy atom. The third kappa shape index (κ3) is 3.50. The summed E-state index contributed by atoms with van der Waals surface area (Å²) < 4.78 is 0. The molecule has 0 amide bonds. The molecule has 19 heavy (non-hydrogen) atoms. The van der Waals surface area contributed by atoms with Crippen molar-refractivity contribution in [1.82, 2.24) is 9.80 Å². The molecule has 0 saturated carbocycles. The minimum atomic E-state index is -0.132. The monoisotopic (exact) mass is 268 g/mol. The van der Waals surface area contributed by atoms with Gasteiger partial charge in [-0.3, -0.25) is 4.90 Å². The Hall–Kier alpha value is -0.120. The van der Waals surface area contributed by atoms with Gasteiger partial charge in [0.15, 0.2) is 0 Å². The molecular weight excluding hydrogens is 236 g/mol. The summed E-state index contributed by atoms with van der Waals surface area (Å²) in [7, 11) is 2.29. The van der Waals surface area contributed by atoms with Gasteiger partial charge in [0.05, 0.1) is 6.10 Å². The number of rotatable bonds is 5. The second kappa shape index (κ2) is 7.05. The number of fused-ring (bicyclic) bond motifs is 1. The summed E-state index contributed by atoms with van der Waals surface area (Å²) in [5.41, 5.74) is 0. The lowest BCUT2D eigenvalue weighted by atomic mass is 9.83. The van der Waals surface area contributed by atoms with Crippen molar-refractivity contribution in [1.29, 1.82) is 0 Å². The summed E-state index contributed by atoms with van der Waals surface area (Å²) >= 11 is 0. The molecule has 0 spiro atoms. The van der Waals surface area contributed by atoms with E-state index in [1.807, 2.05) is 0 Å². The molecule has 2 heterocycles. The minimum absolute atomic E-state index is 0.132. The molecule has 0 bridgehead atoms. The molecule has 3 nitrogen and oxygen atoms in total. The van der Waals surface area contributed by atoms with E-state index in [1.165, 1.54) is 38.9 Å². The fraction of sp³-hybridized carbons (Fsp3) is 1.00. The van der Waals surface area contributed by atoms with Crippen molar-refractivity contribution in [2.45, 2.75) is 70.6 Å². The Morgan fingerprint density at radius 2 is 2.00 bits per heavy atom. The van der Waals surface area contributed by atoms with Gasteiger partial charge in [0, 0.05) is 25.2 Å². The lowest BCUT2D eigenvalue weighted by molar-refractivity contribution is -0.0205. The van der Waals surface area contributed by atoms with Crippen LogP contribution >= 0.6 is 0 Å². The second-order valence-corrected chi connectivity index (χ2v) is 6.57. The molecule has 0 aromatic rings. The first-order valence-corrected chi connectivity index (χ1v) is 8.29. The maximum absolute atomic E-state index is 10.4. The standard InChI is InChI=1S/C16H32N2O/c1-4-7-16(19)14(5-2)18-11-9-15-13(12-18)8-6-10-17(15)3/h13-16,19H,4-12H2,1-3H3. The van der Waals surface area contributed by atoms with Gasteiger partial charge in [-0.15, -0.1) is 0 Å². The van der Waals surface area contributed by atoms with Crippen LogP contribution in [0.4, 0.5) is 0 Å². The van der Waals surface area contributed by atoms with Crippen molar-refractivity contribution in [3.05, 3.63) is 0 Å². The Labute approximate surface area is 119 Å². The van der Waals surface area contributed by atoms with Crippen molar-refractivity contribution >= 4 is 0 Å². The number of hydrogen-bond acceptors (Lipinski definition) is 3. The zero-order valence-corrected chi connectivity index (χ0v) is 13.0. The second-order valence-electron chi connectivity index (χ2n) is 6.57. The summed E-state index contributed by atoms with van der Waals surface area (Å²) in [5, 5.41) is 10.4. The van der Waals surface area contributed by atoms with Gasteiger partial charge >= 0.3 is 0 Å². The fourth-order valence-corrected chi connectivity index (χ4v) is 4.24. The molecule has 0 aromatic heterocycles. The quantitative estimate of drug-likeness (QED) is 0.829. The van der Waals surface area contributed by atoms with Gasteiger partial charge in [-0.2, -0.15) is 0 Å². The molecule has 2 saturated heterocycles. The highest BCUT2D eigenvalue weighted by Gasteiger charge is 2.37. The molecule has 4 atom stereocenters. The molecule has 2 aliphatic heterocycles. The van der Waals surface area contributed by atoms with Gasteiger partial charge in [-0.05, 0) is 51.6 Å². The highest BCUT2D eigenvalue weighted by molar-refractivity contribution is 4.92. The van der Waals surface area contributed by atoms with Crippen molar-refractivity contribution in [3.8, 4) is 0 Å². The first-order valence-electron chi connectivity index (χ1n) is 8.29. The summed E-state index contributed by atoms with van der Waals surface area (Å²) in [6.07, 6.45) is 6.99. The lowest BCUT2D eigenvalue weighted by Gasteiger charge is -2.48. The molecule has 3 heteroatoms. The SMILES string of the molecule is CCCC(O)C(CC)N1CCC2C(CCCN2C)C1. The van der Waals surface area contributed by atoms with E-state index in [4.69, 9.17) is 0 Å². The predicted octanol–water partition coefficient (Wildman–Crippen LogP) is 2.34. The lowest BCUT2D eigenvalue weighted by Crippen LogP contribution is -2.56. The minimum Gasteiger partial charge on any atom is -0.391 e. The summed E-state index contributed by atoms with van der Waals surface area (Å²) in [6, 6.07) is 1.18. The molecule has 4 unspecified atom stereocenters. The molecule has 0 aliphatic carbocycles. The number of aliphatic hydroxyl groups excluding tert-OH is 1. The average Bonchev–Trinajstić information content (AvgIpc) is 2.40. The van der Waals surface area contributed by atoms with Gasteiger partial charge in [-0.25, -0.2) is 0 Å². The third-order valence-electron chi connectivity index (χ3n) is 5.29. The van der Waals surface area contributed by atoms with E-state index >= 15 is 0 Å². The topological polar surface area (TPSA) is 26.7 Å². The number of hydrogen-bond donors (Lipinski definition) is 1. The molecule has 2 fully saturated rings. The smallest absolute Gasteiger partial charge is 0.0695 e. The highest BCUT2D eigenvalue weighted by atomic mass is 16.3. The van der Waals surface area contributed by atoms with Crippen LogP contribution in [-0.4, -0.2) is 59.8 Å². The first-order chi connectivity index (χ1) is 9.17. The van der Waals surface area contributed by atoms with Crippen molar-refractivity contribution in [3.63, 3.8) is 0 Å². The molecule has 1 N–H and O–H groups in total. The van der Waals surface area contributed by atoms with Crippen molar-refractivity contribution in [2.75, 3.05) is 26.7 Å². The van der Waals surface area contributed by atoms with Crippen LogP contribution in [0.5, 0.6) is 0 Å². The van der Waals surface area contributed by atoms with E-state index in [0.29, 0.717) is 6.04 Å². The van der Waals surface area contributed by atoms with Crippen LogP contribution in [0.15, 0.2) is 0 Å². The van der Waals surface area contributed by atoms with Gasteiger partial charge in [0.25, 0.3) is 0 Å². The highest BCUT2D eigenvalue weighted by Crippen LogP contribution is 2.31. The van der Waals surface area contributed by atoms with Gasteiger partial charge in [0.2, 0.25) is 0 Å².